The SMILES string of the molecule is O=C(Nc1c(O)cccc1[N+](=O)[O-])c1cc(Br)c[nH]1. The zero-order valence-corrected chi connectivity index (χ0v) is 11.0. The van der Waals surface area contributed by atoms with E-state index >= 15 is 0 Å². The quantitative estimate of drug-likeness (QED) is 0.458. The molecular weight excluding hydrogens is 318 g/mol. The molecule has 0 saturated carbocycles. The number of carbonyl (C=O) groups excluding carboxylic acids is 1. The summed E-state index contributed by atoms with van der Waals surface area (Å²) in [6, 6.07) is 5.29. The molecule has 0 radical (unpaired) electrons. The number of phenols is 1. The summed E-state index contributed by atoms with van der Waals surface area (Å²) in [6.07, 6.45) is 1.55. The highest BCUT2D eigenvalue weighted by atomic mass is 79.9. The number of para-hydroxylation sites is 1. The lowest BCUT2D eigenvalue weighted by Gasteiger charge is -2.06. The number of nitro groups is 1. The van der Waals surface area contributed by atoms with Gasteiger partial charge in [-0.05, 0) is 28.1 Å². The van der Waals surface area contributed by atoms with Gasteiger partial charge in [-0.15, -0.1) is 0 Å². The van der Waals surface area contributed by atoms with E-state index in [9.17, 15) is 20.0 Å². The first kappa shape index (κ1) is 13.1. The fourth-order valence-electron chi connectivity index (χ4n) is 1.49. The highest BCUT2D eigenvalue weighted by Gasteiger charge is 2.20. The topological polar surface area (TPSA) is 108 Å². The Morgan fingerprint density at radius 2 is 2.21 bits per heavy atom. The number of rotatable bonds is 3. The predicted octanol–water partition coefficient (Wildman–Crippen LogP) is 2.64. The summed E-state index contributed by atoms with van der Waals surface area (Å²) in [5, 5.41) is 22.7. The Morgan fingerprint density at radius 3 is 2.79 bits per heavy atom. The number of aromatic amines is 1. The molecule has 0 unspecified atom stereocenters. The molecule has 2 aromatic rings. The standard InChI is InChI=1S/C11H8BrN3O4/c12-6-4-7(13-5-6)11(17)14-10-8(15(18)19)2-1-3-9(10)16/h1-5,13,16H,(H,14,17). The first-order chi connectivity index (χ1) is 8.99. The Bertz CT molecular complexity index is 653. The normalized spacial score (nSPS) is 10.2. The molecule has 1 aromatic heterocycles. The Balaban J connectivity index is 2.33. The van der Waals surface area contributed by atoms with Crippen LogP contribution >= 0.6 is 15.9 Å². The monoisotopic (exact) mass is 325 g/mol. The van der Waals surface area contributed by atoms with Crippen molar-refractivity contribution in [1.29, 1.82) is 0 Å². The van der Waals surface area contributed by atoms with E-state index in [4.69, 9.17) is 0 Å². The Labute approximate surface area is 115 Å². The maximum atomic E-state index is 11.9. The molecule has 2 rings (SSSR count). The van der Waals surface area contributed by atoms with E-state index in [1.165, 1.54) is 24.3 Å². The van der Waals surface area contributed by atoms with Crippen LogP contribution < -0.4 is 5.32 Å². The van der Waals surface area contributed by atoms with Crippen molar-refractivity contribution in [3.8, 4) is 5.75 Å². The van der Waals surface area contributed by atoms with E-state index in [0.29, 0.717) is 4.47 Å². The van der Waals surface area contributed by atoms with Gasteiger partial charge in [-0.3, -0.25) is 14.9 Å². The lowest BCUT2D eigenvalue weighted by atomic mass is 10.2. The summed E-state index contributed by atoms with van der Waals surface area (Å²) in [5.41, 5.74) is -0.397. The van der Waals surface area contributed by atoms with E-state index in [1.54, 1.807) is 6.20 Å². The largest absolute Gasteiger partial charge is 0.505 e. The number of benzene rings is 1. The van der Waals surface area contributed by atoms with Gasteiger partial charge >= 0.3 is 0 Å². The first-order valence-corrected chi connectivity index (χ1v) is 5.90. The highest BCUT2D eigenvalue weighted by molar-refractivity contribution is 9.10. The Morgan fingerprint density at radius 1 is 1.47 bits per heavy atom. The summed E-state index contributed by atoms with van der Waals surface area (Å²) in [4.78, 5) is 24.7. The molecular formula is C11H8BrN3O4. The maximum absolute atomic E-state index is 11.9. The number of hydrogen-bond donors (Lipinski definition) is 3. The molecule has 3 N–H and O–H groups in total. The fraction of sp³-hybridized carbons (Fsp3) is 0. The molecule has 0 bridgehead atoms. The molecule has 1 aromatic carbocycles. The second-order valence-corrected chi connectivity index (χ2v) is 4.53. The molecule has 0 atom stereocenters. The number of H-pyrrole nitrogens is 1. The predicted molar refractivity (Wildman–Crippen MR) is 71.2 cm³/mol. The Hall–Kier alpha value is -2.35. The number of halogens is 1. The number of aromatic hydroxyl groups is 1. The third-order valence-electron chi connectivity index (χ3n) is 2.35. The van der Waals surface area contributed by atoms with Gasteiger partial charge in [0.15, 0.2) is 5.69 Å². The third kappa shape index (κ3) is 2.74. The first-order valence-electron chi connectivity index (χ1n) is 5.10. The second kappa shape index (κ2) is 5.11. The molecule has 0 spiro atoms. The molecule has 1 heterocycles. The zero-order chi connectivity index (χ0) is 14.0. The summed E-state index contributed by atoms with van der Waals surface area (Å²) in [6.45, 7) is 0. The number of aromatic nitrogens is 1. The Kier molecular flexibility index (Phi) is 3.52. The molecule has 0 fully saturated rings. The molecule has 0 aliphatic rings. The zero-order valence-electron chi connectivity index (χ0n) is 9.38. The number of nitrogens with zero attached hydrogens (tertiary/aromatic N) is 1. The molecule has 0 aliphatic heterocycles. The van der Waals surface area contributed by atoms with Gasteiger partial charge in [-0.25, -0.2) is 0 Å². The third-order valence-corrected chi connectivity index (χ3v) is 2.81. The van der Waals surface area contributed by atoms with E-state index in [2.05, 4.69) is 26.2 Å². The molecule has 0 saturated heterocycles. The van der Waals surface area contributed by atoms with Crippen molar-refractivity contribution in [2.24, 2.45) is 0 Å². The molecule has 1 amide bonds. The van der Waals surface area contributed by atoms with Gasteiger partial charge in [-0.1, -0.05) is 6.07 Å². The number of amides is 1. The van der Waals surface area contributed by atoms with Crippen molar-refractivity contribution in [2.75, 3.05) is 5.32 Å². The van der Waals surface area contributed by atoms with Crippen LogP contribution in [-0.4, -0.2) is 20.9 Å². The smallest absolute Gasteiger partial charge is 0.296 e. The van der Waals surface area contributed by atoms with Gasteiger partial charge in [0.1, 0.15) is 11.4 Å². The summed E-state index contributed by atoms with van der Waals surface area (Å²) < 4.78 is 0.671. The van der Waals surface area contributed by atoms with Crippen LogP contribution in [0.3, 0.4) is 0 Å². The number of nitrogens with one attached hydrogen (secondary N) is 2. The van der Waals surface area contributed by atoms with Crippen LogP contribution in [0.2, 0.25) is 0 Å². The van der Waals surface area contributed by atoms with Gasteiger partial charge in [0.05, 0.1) is 4.92 Å². The van der Waals surface area contributed by atoms with Crippen molar-refractivity contribution in [3.63, 3.8) is 0 Å². The summed E-state index contributed by atoms with van der Waals surface area (Å²) in [5.74, 6) is -0.955. The maximum Gasteiger partial charge on any atom is 0.296 e. The van der Waals surface area contributed by atoms with Crippen LogP contribution in [0.15, 0.2) is 34.9 Å². The highest BCUT2D eigenvalue weighted by Crippen LogP contribution is 2.33. The second-order valence-electron chi connectivity index (χ2n) is 3.61. The number of phenolic OH excluding ortho intramolecular Hbond substituents is 1. The van der Waals surface area contributed by atoms with Crippen molar-refractivity contribution in [3.05, 3.63) is 50.7 Å². The van der Waals surface area contributed by atoms with Crippen LogP contribution in [0.4, 0.5) is 11.4 Å². The number of hydrogen-bond acceptors (Lipinski definition) is 4. The number of nitro benzene ring substituents is 1. The van der Waals surface area contributed by atoms with E-state index in [-0.39, 0.29) is 22.8 Å². The molecule has 7 nitrogen and oxygen atoms in total. The van der Waals surface area contributed by atoms with Crippen LogP contribution in [0.25, 0.3) is 0 Å². The summed E-state index contributed by atoms with van der Waals surface area (Å²) >= 11 is 3.17. The average Bonchev–Trinajstić information content (AvgIpc) is 2.78. The molecule has 8 heteroatoms. The van der Waals surface area contributed by atoms with Gasteiger partial charge in [-0.2, -0.15) is 0 Å². The van der Waals surface area contributed by atoms with Crippen LogP contribution in [0.5, 0.6) is 5.75 Å². The van der Waals surface area contributed by atoms with Gasteiger partial charge < -0.3 is 15.4 Å². The van der Waals surface area contributed by atoms with Crippen molar-refractivity contribution >= 4 is 33.2 Å². The average molecular weight is 326 g/mol. The lowest BCUT2D eigenvalue weighted by Crippen LogP contribution is -2.13. The molecule has 0 aliphatic carbocycles. The van der Waals surface area contributed by atoms with Gasteiger partial charge in [0, 0.05) is 16.7 Å². The van der Waals surface area contributed by atoms with Crippen LogP contribution in [-0.2, 0) is 0 Å². The van der Waals surface area contributed by atoms with E-state index in [1.807, 2.05) is 0 Å². The lowest BCUT2D eigenvalue weighted by molar-refractivity contribution is -0.384. The number of carbonyl (C=O) groups is 1. The number of anilines is 1. The van der Waals surface area contributed by atoms with Crippen molar-refractivity contribution < 1.29 is 14.8 Å². The van der Waals surface area contributed by atoms with E-state index in [0.717, 1.165) is 0 Å². The minimum atomic E-state index is -0.681. The van der Waals surface area contributed by atoms with Crippen LogP contribution in [0, 0.1) is 10.1 Å². The molecule has 19 heavy (non-hydrogen) atoms. The van der Waals surface area contributed by atoms with Crippen LogP contribution in [0.1, 0.15) is 10.5 Å². The van der Waals surface area contributed by atoms with Crippen molar-refractivity contribution in [1.82, 2.24) is 4.98 Å². The fourth-order valence-corrected chi connectivity index (χ4v) is 1.83. The minimum absolute atomic E-state index is 0.212. The molecule has 98 valence electrons. The van der Waals surface area contributed by atoms with Crippen molar-refractivity contribution in [2.45, 2.75) is 0 Å². The van der Waals surface area contributed by atoms with Gasteiger partial charge in [0.2, 0.25) is 0 Å². The summed E-state index contributed by atoms with van der Waals surface area (Å²) in [7, 11) is 0. The minimum Gasteiger partial charge on any atom is -0.505 e. The van der Waals surface area contributed by atoms with E-state index < -0.39 is 10.8 Å². The van der Waals surface area contributed by atoms with Gasteiger partial charge in [0.25, 0.3) is 11.6 Å².